The molecule has 5 rings (SSSR count). The molecule has 1 aliphatic carbocycles. The summed E-state index contributed by atoms with van der Waals surface area (Å²) in [6.07, 6.45) is 9.50. The summed E-state index contributed by atoms with van der Waals surface area (Å²) >= 11 is 0. The molecule has 0 atom stereocenters. The molecule has 0 aliphatic heterocycles. The fourth-order valence-electron chi connectivity index (χ4n) is 3.27. The number of hydrogen-bond donors (Lipinski definition) is 0. The van der Waals surface area contributed by atoms with Crippen LogP contribution in [0, 0.1) is 20.8 Å². The van der Waals surface area contributed by atoms with Crippen LogP contribution >= 0.6 is 24.8 Å². The molecule has 0 spiro atoms. The van der Waals surface area contributed by atoms with Gasteiger partial charge >= 0.3 is 26.2 Å². The van der Waals surface area contributed by atoms with Crippen LogP contribution in [0.3, 0.4) is 0 Å². The van der Waals surface area contributed by atoms with Gasteiger partial charge in [0.25, 0.3) is 0 Å². The second-order valence-corrected chi connectivity index (χ2v) is 6.74. The number of benzene rings is 2. The SMILES string of the molecule is Cc1cc2ccccc2[cH-]1.Cl.Cl.[CH-]1CCCCC1.[CH3-].[Zr+4].c1ccc2[cH-]ccc2c1. The van der Waals surface area contributed by atoms with Crippen LogP contribution in [0.4, 0.5) is 0 Å². The smallest absolute Gasteiger partial charge is 0.358 e. The van der Waals surface area contributed by atoms with Crippen LogP contribution in [-0.2, 0) is 26.2 Å². The maximum absolute atomic E-state index is 2.39. The maximum atomic E-state index is 2.39. The number of rotatable bonds is 0. The van der Waals surface area contributed by atoms with E-state index < -0.39 is 0 Å². The molecule has 0 N–H and O–H groups in total. The van der Waals surface area contributed by atoms with Gasteiger partial charge < -0.3 is 13.8 Å². The normalized spacial score (nSPS) is 11.8. The van der Waals surface area contributed by atoms with Gasteiger partial charge in [0.05, 0.1) is 0 Å². The van der Waals surface area contributed by atoms with Crippen molar-refractivity contribution in [3.63, 3.8) is 0 Å². The van der Waals surface area contributed by atoms with Gasteiger partial charge in [-0.15, -0.1) is 95.1 Å². The molecule has 1 fully saturated rings. The average molecular weight is 507 g/mol. The van der Waals surface area contributed by atoms with Gasteiger partial charge in [-0.1, -0.05) is 38.3 Å². The zero-order valence-electron chi connectivity index (χ0n) is 17.4. The van der Waals surface area contributed by atoms with Crippen molar-refractivity contribution < 1.29 is 26.2 Å². The number of aryl methyl sites for hydroxylation is 1. The Labute approximate surface area is 208 Å². The molecule has 0 radical (unpaired) electrons. The van der Waals surface area contributed by atoms with Crippen molar-refractivity contribution in [2.75, 3.05) is 0 Å². The summed E-state index contributed by atoms with van der Waals surface area (Å²) in [5, 5.41) is 5.36. The minimum atomic E-state index is 0. The van der Waals surface area contributed by atoms with Crippen LogP contribution in [0.5, 0.6) is 0 Å². The Morgan fingerprint density at radius 3 is 1.83 bits per heavy atom. The molecule has 154 valence electrons. The minimum absolute atomic E-state index is 0. The Kier molecular flexibility index (Phi) is 17.6. The van der Waals surface area contributed by atoms with Crippen molar-refractivity contribution in [3.05, 3.63) is 98.3 Å². The zero-order valence-corrected chi connectivity index (χ0v) is 21.5. The van der Waals surface area contributed by atoms with Gasteiger partial charge in [0.15, 0.2) is 0 Å². The standard InChI is InChI=1S/C10H9.C9H7.C6H11.CH3.2ClH.Zr/c1-8-6-9-4-2-3-5-10(9)7-8;1-2-5-9-7-3-6-8(9)4-1;1-2-4-6-5-3-1;;;;/h2-7H,1H3;1-7H;1H,2-6H2;1H3;2*1H;/q4*-1;;;+4. The van der Waals surface area contributed by atoms with E-state index in [0.29, 0.717) is 0 Å². The summed E-state index contributed by atoms with van der Waals surface area (Å²) in [7, 11) is 0. The summed E-state index contributed by atoms with van der Waals surface area (Å²) in [6, 6.07) is 27.5. The van der Waals surface area contributed by atoms with E-state index in [2.05, 4.69) is 92.2 Å². The Morgan fingerprint density at radius 1 is 0.724 bits per heavy atom. The number of fused-ring (bicyclic) bond motifs is 2. The fourth-order valence-corrected chi connectivity index (χ4v) is 3.27. The number of halogens is 2. The Morgan fingerprint density at radius 2 is 1.31 bits per heavy atom. The second kappa shape index (κ2) is 16.9. The van der Waals surface area contributed by atoms with E-state index in [-0.39, 0.29) is 58.4 Å². The van der Waals surface area contributed by atoms with E-state index in [0.717, 1.165) is 0 Å². The third kappa shape index (κ3) is 10.1. The molecule has 0 unspecified atom stereocenters. The second-order valence-electron chi connectivity index (χ2n) is 6.74. The van der Waals surface area contributed by atoms with Crippen molar-refractivity contribution in [2.24, 2.45) is 0 Å². The van der Waals surface area contributed by atoms with Crippen molar-refractivity contribution in [3.8, 4) is 0 Å². The monoisotopic (exact) mass is 504 g/mol. The molecule has 0 heterocycles. The van der Waals surface area contributed by atoms with Crippen molar-refractivity contribution in [1.29, 1.82) is 0 Å². The molecule has 29 heavy (non-hydrogen) atoms. The Bertz CT molecular complexity index is 813. The van der Waals surface area contributed by atoms with Crippen molar-refractivity contribution in [1.82, 2.24) is 0 Å². The van der Waals surface area contributed by atoms with Crippen LogP contribution in [0.15, 0.2) is 78.9 Å². The molecular formula is C26H32Cl2Zr. The fraction of sp³-hybridized carbons (Fsp3) is 0.231. The van der Waals surface area contributed by atoms with Crippen LogP contribution in [0.25, 0.3) is 21.5 Å². The summed E-state index contributed by atoms with van der Waals surface area (Å²) < 4.78 is 0. The molecule has 0 saturated heterocycles. The van der Waals surface area contributed by atoms with Crippen LogP contribution in [-0.4, -0.2) is 0 Å². The molecule has 4 aromatic rings. The largest absolute Gasteiger partial charge is 4.00 e. The maximum Gasteiger partial charge on any atom is 4.00 e. The third-order valence-corrected chi connectivity index (χ3v) is 4.63. The van der Waals surface area contributed by atoms with E-state index >= 15 is 0 Å². The van der Waals surface area contributed by atoms with Gasteiger partial charge in [-0.3, -0.25) is 0 Å². The zero-order chi connectivity index (χ0) is 17.3. The molecule has 0 nitrogen and oxygen atoms in total. The molecule has 4 aromatic carbocycles. The molecule has 0 amide bonds. The first-order chi connectivity index (χ1) is 12.3. The minimum Gasteiger partial charge on any atom is -0.358 e. The molecule has 3 heteroatoms. The quantitative estimate of drug-likeness (QED) is 0.209. The summed E-state index contributed by atoms with van der Waals surface area (Å²) in [4.78, 5) is 0. The topological polar surface area (TPSA) is 0 Å². The average Bonchev–Trinajstić information content (AvgIpc) is 3.29. The van der Waals surface area contributed by atoms with Gasteiger partial charge in [-0.2, -0.15) is 36.4 Å². The van der Waals surface area contributed by atoms with Gasteiger partial charge in [0.1, 0.15) is 0 Å². The van der Waals surface area contributed by atoms with E-state index in [4.69, 9.17) is 0 Å². The first-order valence-electron chi connectivity index (χ1n) is 9.37. The molecule has 0 aromatic heterocycles. The first kappa shape index (κ1) is 30.3. The van der Waals surface area contributed by atoms with E-state index in [1.807, 2.05) is 0 Å². The predicted octanol–water partition coefficient (Wildman–Crippen LogP) is 8.87. The van der Waals surface area contributed by atoms with E-state index in [1.165, 1.54) is 59.2 Å². The van der Waals surface area contributed by atoms with Crippen LogP contribution < -0.4 is 0 Å². The molecule has 1 saturated carbocycles. The summed E-state index contributed by atoms with van der Waals surface area (Å²) in [5.74, 6) is 0. The Balaban J connectivity index is 0. The van der Waals surface area contributed by atoms with Crippen LogP contribution in [0.2, 0.25) is 0 Å². The van der Waals surface area contributed by atoms with Crippen molar-refractivity contribution in [2.45, 2.75) is 39.0 Å². The summed E-state index contributed by atoms with van der Waals surface area (Å²) in [6.45, 7) is 2.12. The first-order valence-corrected chi connectivity index (χ1v) is 9.37. The molecular weight excluding hydrogens is 474 g/mol. The molecule has 0 bridgehead atoms. The van der Waals surface area contributed by atoms with Crippen molar-refractivity contribution >= 4 is 46.4 Å². The third-order valence-electron chi connectivity index (χ3n) is 4.63. The van der Waals surface area contributed by atoms with Gasteiger partial charge in [-0.25, -0.2) is 0 Å². The van der Waals surface area contributed by atoms with Gasteiger partial charge in [0.2, 0.25) is 0 Å². The Hall–Kier alpha value is -0.877. The van der Waals surface area contributed by atoms with E-state index in [1.54, 1.807) is 0 Å². The molecule has 1 aliphatic rings. The predicted molar refractivity (Wildman–Crippen MR) is 132 cm³/mol. The van der Waals surface area contributed by atoms with Crippen LogP contribution in [0.1, 0.15) is 37.7 Å². The van der Waals surface area contributed by atoms with Gasteiger partial charge in [0, 0.05) is 0 Å². The van der Waals surface area contributed by atoms with Gasteiger partial charge in [-0.05, 0) is 0 Å². The van der Waals surface area contributed by atoms with E-state index in [9.17, 15) is 0 Å². The summed E-state index contributed by atoms with van der Waals surface area (Å²) in [5.41, 5.74) is 1.35. The number of hydrogen-bond acceptors (Lipinski definition) is 0.